The second kappa shape index (κ2) is 14.4. The van der Waals surface area contributed by atoms with Crippen molar-refractivity contribution < 1.29 is 14.3 Å². The number of hydrogen-bond acceptors (Lipinski definition) is 7. The predicted molar refractivity (Wildman–Crippen MR) is 172 cm³/mol. The summed E-state index contributed by atoms with van der Waals surface area (Å²) in [4.78, 5) is 12.6. The molecular formula is C31H24Cl3N5O3S. The Labute approximate surface area is 267 Å². The highest BCUT2D eigenvalue weighted by atomic mass is 35.5. The number of hydrazone groups is 1. The molecule has 0 radical (unpaired) electrons. The van der Waals surface area contributed by atoms with Crippen LogP contribution in [0.5, 0.6) is 11.5 Å². The molecule has 0 aliphatic carbocycles. The smallest absolute Gasteiger partial charge is 0.250 e. The number of rotatable bonds is 11. The van der Waals surface area contributed by atoms with Crippen LogP contribution in [-0.4, -0.2) is 39.7 Å². The molecule has 0 unspecified atom stereocenters. The van der Waals surface area contributed by atoms with E-state index in [4.69, 9.17) is 44.3 Å². The minimum Gasteiger partial charge on any atom is -0.496 e. The average Bonchev–Trinajstić information content (AvgIpc) is 3.44. The molecule has 1 heterocycles. The highest BCUT2D eigenvalue weighted by Gasteiger charge is 2.19. The first-order valence-electron chi connectivity index (χ1n) is 12.9. The number of benzene rings is 4. The van der Waals surface area contributed by atoms with E-state index in [1.54, 1.807) is 37.6 Å². The van der Waals surface area contributed by atoms with Crippen molar-refractivity contribution in [2.24, 2.45) is 5.10 Å². The van der Waals surface area contributed by atoms with Gasteiger partial charge in [-0.05, 0) is 78.4 Å². The molecule has 8 nitrogen and oxygen atoms in total. The van der Waals surface area contributed by atoms with Gasteiger partial charge >= 0.3 is 0 Å². The zero-order valence-corrected chi connectivity index (χ0v) is 25.8. The van der Waals surface area contributed by atoms with Crippen LogP contribution in [0.4, 0.5) is 0 Å². The summed E-state index contributed by atoms with van der Waals surface area (Å²) in [5.41, 5.74) is 5.73. The third-order valence-electron chi connectivity index (χ3n) is 6.09. The van der Waals surface area contributed by atoms with Crippen molar-refractivity contribution in [2.75, 3.05) is 12.9 Å². The Morgan fingerprint density at radius 3 is 2.44 bits per heavy atom. The summed E-state index contributed by atoms with van der Waals surface area (Å²) in [7, 11) is 1.60. The molecule has 1 amide bonds. The van der Waals surface area contributed by atoms with Crippen LogP contribution in [0.25, 0.3) is 17.1 Å². The molecule has 1 aromatic heterocycles. The summed E-state index contributed by atoms with van der Waals surface area (Å²) in [6.45, 7) is 0.309. The molecule has 12 heteroatoms. The number of carbonyl (C=O) groups excluding carboxylic acids is 1. The Morgan fingerprint density at radius 2 is 1.70 bits per heavy atom. The molecular weight excluding hydrogens is 629 g/mol. The molecule has 5 rings (SSSR count). The fourth-order valence-corrected chi connectivity index (χ4v) is 5.31. The van der Waals surface area contributed by atoms with Crippen LogP contribution in [0.1, 0.15) is 11.1 Å². The molecule has 0 aliphatic rings. The number of hydrogen-bond donors (Lipinski definition) is 1. The lowest BCUT2D eigenvalue weighted by molar-refractivity contribution is -0.118. The van der Waals surface area contributed by atoms with Crippen molar-refractivity contribution in [1.29, 1.82) is 0 Å². The van der Waals surface area contributed by atoms with Gasteiger partial charge < -0.3 is 9.47 Å². The third kappa shape index (κ3) is 7.88. The fraction of sp³-hybridized carbons (Fsp3) is 0.0968. The van der Waals surface area contributed by atoms with Crippen LogP contribution in [0.3, 0.4) is 0 Å². The number of carbonyl (C=O) groups is 1. The van der Waals surface area contributed by atoms with Gasteiger partial charge in [-0.2, -0.15) is 5.10 Å². The second-order valence-corrected chi connectivity index (χ2v) is 11.2. The largest absolute Gasteiger partial charge is 0.496 e. The molecule has 0 saturated carbocycles. The summed E-state index contributed by atoms with van der Waals surface area (Å²) in [5, 5.41) is 15.1. The monoisotopic (exact) mass is 651 g/mol. The van der Waals surface area contributed by atoms with Crippen LogP contribution in [-0.2, 0) is 11.4 Å². The predicted octanol–water partition coefficient (Wildman–Crippen LogP) is 7.72. The SMILES string of the molecule is COc1ccccc1-c1nnc(SCC(=O)N/N=C/c2ccc(OCc3ccc(Cl)cc3Cl)cc2)n1-c1ccc(Cl)cc1. The summed E-state index contributed by atoms with van der Waals surface area (Å²) in [6, 6.07) is 27.4. The molecule has 43 heavy (non-hydrogen) atoms. The number of nitrogens with zero attached hydrogens (tertiary/aromatic N) is 4. The van der Waals surface area contributed by atoms with Gasteiger partial charge in [0.15, 0.2) is 11.0 Å². The Bertz CT molecular complexity index is 1750. The minimum absolute atomic E-state index is 0.0645. The number of nitrogens with one attached hydrogen (secondary N) is 1. The van der Waals surface area contributed by atoms with Gasteiger partial charge in [0.25, 0.3) is 5.91 Å². The number of halogens is 3. The Morgan fingerprint density at radius 1 is 0.953 bits per heavy atom. The summed E-state index contributed by atoms with van der Waals surface area (Å²) < 4.78 is 13.2. The van der Waals surface area contributed by atoms with E-state index in [0.717, 1.165) is 22.4 Å². The lowest BCUT2D eigenvalue weighted by atomic mass is 10.2. The molecule has 0 spiro atoms. The number of methoxy groups -OCH3 is 1. The summed E-state index contributed by atoms with van der Waals surface area (Å²) in [5.74, 6) is 1.66. The molecule has 1 N–H and O–H groups in total. The zero-order chi connectivity index (χ0) is 30.2. The van der Waals surface area contributed by atoms with E-state index in [1.165, 1.54) is 11.8 Å². The number of thioether (sulfide) groups is 1. The lowest BCUT2D eigenvalue weighted by Crippen LogP contribution is -2.20. The summed E-state index contributed by atoms with van der Waals surface area (Å²) >= 11 is 19.5. The number of amides is 1. The molecule has 218 valence electrons. The third-order valence-corrected chi connectivity index (χ3v) is 7.86. The van der Waals surface area contributed by atoms with Gasteiger partial charge in [-0.15, -0.1) is 10.2 Å². The highest BCUT2D eigenvalue weighted by molar-refractivity contribution is 7.99. The van der Waals surface area contributed by atoms with Gasteiger partial charge in [-0.1, -0.05) is 64.8 Å². The Hall–Kier alpha value is -4.02. The van der Waals surface area contributed by atoms with Gasteiger partial charge in [0.1, 0.15) is 18.1 Å². The van der Waals surface area contributed by atoms with Gasteiger partial charge in [0.2, 0.25) is 0 Å². The first-order chi connectivity index (χ1) is 20.9. The van der Waals surface area contributed by atoms with Crippen molar-refractivity contribution in [2.45, 2.75) is 11.8 Å². The van der Waals surface area contributed by atoms with Gasteiger partial charge in [-0.3, -0.25) is 9.36 Å². The van der Waals surface area contributed by atoms with E-state index in [1.807, 2.05) is 71.3 Å². The van der Waals surface area contributed by atoms with Crippen LogP contribution in [0.15, 0.2) is 101 Å². The summed E-state index contributed by atoms with van der Waals surface area (Å²) in [6.07, 6.45) is 1.55. The van der Waals surface area contributed by atoms with Crippen molar-refractivity contribution >= 4 is 58.7 Å². The van der Waals surface area contributed by atoms with Crippen molar-refractivity contribution in [3.63, 3.8) is 0 Å². The number of para-hydroxylation sites is 1. The maximum Gasteiger partial charge on any atom is 0.250 e. The van der Waals surface area contributed by atoms with E-state index in [-0.39, 0.29) is 11.7 Å². The van der Waals surface area contributed by atoms with E-state index < -0.39 is 0 Å². The van der Waals surface area contributed by atoms with Gasteiger partial charge in [-0.25, -0.2) is 5.43 Å². The van der Waals surface area contributed by atoms with Crippen molar-refractivity contribution in [3.8, 4) is 28.6 Å². The maximum atomic E-state index is 12.6. The Balaban J connectivity index is 1.20. The van der Waals surface area contributed by atoms with E-state index in [2.05, 4.69) is 20.7 Å². The van der Waals surface area contributed by atoms with E-state index in [9.17, 15) is 4.79 Å². The van der Waals surface area contributed by atoms with Crippen LogP contribution in [0.2, 0.25) is 15.1 Å². The topological polar surface area (TPSA) is 90.6 Å². The second-order valence-electron chi connectivity index (χ2n) is 8.99. The maximum absolute atomic E-state index is 12.6. The molecule has 0 atom stereocenters. The number of ether oxygens (including phenoxy) is 2. The zero-order valence-electron chi connectivity index (χ0n) is 22.7. The average molecular weight is 653 g/mol. The molecule has 0 fully saturated rings. The first kappa shape index (κ1) is 30.4. The molecule has 0 bridgehead atoms. The first-order valence-corrected chi connectivity index (χ1v) is 15.0. The lowest BCUT2D eigenvalue weighted by Gasteiger charge is -2.12. The van der Waals surface area contributed by atoms with Crippen molar-refractivity contribution in [1.82, 2.24) is 20.2 Å². The molecule has 0 saturated heterocycles. The standard InChI is InChI=1S/C31H24Cl3N5O3S/c1-41-28-5-3-2-4-26(28)30-37-38-31(39(30)24-12-10-22(32)11-13-24)43-19-29(40)36-35-17-20-6-14-25(15-7-20)42-18-21-8-9-23(33)16-27(21)34/h2-17H,18-19H2,1H3,(H,36,40)/b35-17+. The van der Waals surface area contributed by atoms with Gasteiger partial charge in [0, 0.05) is 26.3 Å². The van der Waals surface area contributed by atoms with E-state index >= 15 is 0 Å². The van der Waals surface area contributed by atoms with Crippen LogP contribution in [0, 0.1) is 0 Å². The molecule has 4 aromatic carbocycles. The Kier molecular flexibility index (Phi) is 10.2. The van der Waals surface area contributed by atoms with Crippen LogP contribution < -0.4 is 14.9 Å². The highest BCUT2D eigenvalue weighted by Crippen LogP contribution is 2.33. The molecule has 0 aliphatic heterocycles. The number of aromatic nitrogens is 3. The van der Waals surface area contributed by atoms with E-state index in [0.29, 0.717) is 44.2 Å². The minimum atomic E-state index is -0.300. The van der Waals surface area contributed by atoms with Crippen LogP contribution >= 0.6 is 46.6 Å². The quantitative estimate of drug-likeness (QED) is 0.0893. The van der Waals surface area contributed by atoms with Gasteiger partial charge in [0.05, 0.1) is 24.6 Å². The molecule has 5 aromatic rings. The normalized spacial score (nSPS) is 11.1. The fourth-order valence-electron chi connectivity index (χ4n) is 3.98. The van der Waals surface area contributed by atoms with Crippen molar-refractivity contribution in [3.05, 3.63) is 117 Å².